The van der Waals surface area contributed by atoms with E-state index < -0.39 is 24.4 Å². The molecular formula is C26H31N7O4. The van der Waals surface area contributed by atoms with E-state index in [2.05, 4.69) is 20.6 Å². The van der Waals surface area contributed by atoms with Crippen LogP contribution in [0.25, 0.3) is 22.1 Å². The molecule has 4 aromatic rings. The fraction of sp³-hybridized carbons (Fsp3) is 0.423. The van der Waals surface area contributed by atoms with Crippen molar-refractivity contribution in [2.45, 2.75) is 57.7 Å². The minimum atomic E-state index is -2.72. The van der Waals surface area contributed by atoms with Crippen LogP contribution in [0.1, 0.15) is 54.4 Å². The summed E-state index contributed by atoms with van der Waals surface area (Å²) in [7, 11) is 1.28. The Balaban J connectivity index is 1.59. The largest absolute Gasteiger partial charge is 0.453 e. The van der Waals surface area contributed by atoms with E-state index in [0.29, 0.717) is 53.0 Å². The SMILES string of the molecule is [2H]C([2H])([2H])n1c(=O)n([C@@H]2CC[C@@H](NC(=O)OC)C2)c2cc(Nc3cc(C(C)(C)O)c4nccc(C)c4n3)ncc21. The van der Waals surface area contributed by atoms with E-state index in [1.54, 1.807) is 32.2 Å². The maximum absolute atomic E-state index is 13.5. The molecule has 4 heterocycles. The van der Waals surface area contributed by atoms with Crippen LogP contribution in [0.5, 0.6) is 0 Å². The van der Waals surface area contributed by atoms with Gasteiger partial charge >= 0.3 is 11.8 Å². The molecule has 0 aliphatic heterocycles. The van der Waals surface area contributed by atoms with Gasteiger partial charge in [-0.2, -0.15) is 0 Å². The second-order valence-corrected chi connectivity index (χ2v) is 9.91. The van der Waals surface area contributed by atoms with Crippen molar-refractivity contribution in [3.05, 3.63) is 52.2 Å². The van der Waals surface area contributed by atoms with Crippen LogP contribution in [0.4, 0.5) is 16.4 Å². The third kappa shape index (κ3) is 4.50. The van der Waals surface area contributed by atoms with Gasteiger partial charge in [0.1, 0.15) is 11.6 Å². The lowest BCUT2D eigenvalue weighted by Crippen LogP contribution is -2.33. The van der Waals surface area contributed by atoms with Crippen LogP contribution in [0.15, 0.2) is 35.4 Å². The normalized spacial score (nSPS) is 19.4. The number of rotatable bonds is 5. The molecular weight excluding hydrogens is 474 g/mol. The summed E-state index contributed by atoms with van der Waals surface area (Å²) >= 11 is 0. The number of fused-ring (bicyclic) bond motifs is 2. The van der Waals surface area contributed by atoms with Crippen molar-refractivity contribution >= 4 is 39.8 Å². The van der Waals surface area contributed by atoms with Gasteiger partial charge in [0.05, 0.1) is 41.0 Å². The molecule has 4 aromatic heterocycles. The number of methoxy groups -OCH3 is 1. The van der Waals surface area contributed by atoms with Crippen LogP contribution in [0, 0.1) is 6.92 Å². The molecule has 0 spiro atoms. The number of alkyl carbamates (subject to hydrolysis) is 1. The van der Waals surface area contributed by atoms with Crippen LogP contribution in [0.3, 0.4) is 0 Å². The van der Waals surface area contributed by atoms with Gasteiger partial charge in [0, 0.05) is 41.0 Å². The zero-order chi connectivity index (χ0) is 29.0. The Labute approximate surface area is 217 Å². The maximum Gasteiger partial charge on any atom is 0.407 e. The summed E-state index contributed by atoms with van der Waals surface area (Å²) in [5, 5.41) is 16.7. The van der Waals surface area contributed by atoms with Gasteiger partial charge in [-0.05, 0) is 57.7 Å². The number of ether oxygens (including phenoxy) is 1. The van der Waals surface area contributed by atoms with Crippen LogP contribution in [0.2, 0.25) is 0 Å². The fourth-order valence-electron chi connectivity index (χ4n) is 4.99. The topological polar surface area (TPSA) is 136 Å². The van der Waals surface area contributed by atoms with Gasteiger partial charge < -0.3 is 20.5 Å². The van der Waals surface area contributed by atoms with Gasteiger partial charge in [-0.3, -0.25) is 14.1 Å². The molecule has 0 saturated heterocycles. The lowest BCUT2D eigenvalue weighted by molar-refractivity contribution is 0.0800. The van der Waals surface area contributed by atoms with Crippen LogP contribution in [-0.4, -0.2) is 48.4 Å². The molecule has 1 saturated carbocycles. The number of hydrogen-bond donors (Lipinski definition) is 3. The Morgan fingerprint density at radius 3 is 2.76 bits per heavy atom. The third-order valence-electron chi connectivity index (χ3n) is 6.85. The summed E-state index contributed by atoms with van der Waals surface area (Å²) in [6.45, 7) is 2.52. The highest BCUT2D eigenvalue weighted by atomic mass is 16.5. The minimum Gasteiger partial charge on any atom is -0.453 e. The zero-order valence-electron chi connectivity index (χ0n) is 24.1. The maximum atomic E-state index is 13.5. The highest BCUT2D eigenvalue weighted by Gasteiger charge is 2.30. The number of aliphatic hydroxyl groups is 1. The molecule has 11 heteroatoms. The second-order valence-electron chi connectivity index (χ2n) is 9.91. The lowest BCUT2D eigenvalue weighted by Gasteiger charge is -2.21. The number of nitrogens with zero attached hydrogens (tertiary/aromatic N) is 5. The number of pyridine rings is 3. The summed E-state index contributed by atoms with van der Waals surface area (Å²) in [4.78, 5) is 38.7. The molecule has 0 bridgehead atoms. The molecule has 1 aliphatic rings. The smallest absolute Gasteiger partial charge is 0.407 e. The minimum absolute atomic E-state index is 0.170. The number of aryl methyl sites for hydroxylation is 2. The molecule has 1 aliphatic carbocycles. The summed E-state index contributed by atoms with van der Waals surface area (Å²) < 4.78 is 30.9. The number of amides is 1. The van der Waals surface area contributed by atoms with Crippen molar-refractivity contribution in [2.75, 3.05) is 12.4 Å². The molecule has 3 N–H and O–H groups in total. The quantitative estimate of drug-likeness (QED) is 0.373. The average Bonchev–Trinajstić information content (AvgIpc) is 3.43. The fourth-order valence-corrected chi connectivity index (χ4v) is 4.99. The van der Waals surface area contributed by atoms with E-state index in [0.717, 1.165) is 10.1 Å². The first kappa shape index (κ1) is 21.1. The van der Waals surface area contributed by atoms with Crippen LogP contribution < -0.4 is 16.3 Å². The Hall–Kier alpha value is -3.99. The standard InChI is InChI=1S/C26H31N7O4/c1-14-8-9-27-23-17(26(2,3)36)11-21(31-22(14)23)30-20-12-18-19(13-28-20)32(4)25(35)33(18)16-7-6-15(10-16)29-24(34)37-5/h8-9,11-13,15-16,36H,6-7,10H2,1-5H3,(H,29,34)(H,28,30,31)/t15-,16-/m1/s1/i4D3. The molecule has 1 fully saturated rings. The Morgan fingerprint density at radius 2 is 2.03 bits per heavy atom. The Morgan fingerprint density at radius 1 is 1.22 bits per heavy atom. The molecule has 194 valence electrons. The van der Waals surface area contributed by atoms with Gasteiger partial charge in [-0.1, -0.05) is 0 Å². The molecule has 0 radical (unpaired) electrons. The first-order valence-electron chi connectivity index (χ1n) is 13.5. The number of nitrogens with one attached hydrogen (secondary N) is 2. The molecule has 0 unspecified atom stereocenters. The summed E-state index contributed by atoms with van der Waals surface area (Å²) in [5.41, 5.74) is 1.34. The van der Waals surface area contributed by atoms with Crippen molar-refractivity contribution in [1.29, 1.82) is 0 Å². The monoisotopic (exact) mass is 508 g/mol. The highest BCUT2D eigenvalue weighted by Crippen LogP contribution is 2.33. The van der Waals surface area contributed by atoms with Crippen molar-refractivity contribution < 1.29 is 18.8 Å². The number of imidazole rings is 1. The second kappa shape index (κ2) is 9.15. The molecule has 0 aromatic carbocycles. The number of carbonyl (C=O) groups is 1. The van der Waals surface area contributed by atoms with E-state index in [1.165, 1.54) is 17.9 Å². The van der Waals surface area contributed by atoms with E-state index >= 15 is 0 Å². The molecule has 5 rings (SSSR count). The molecule has 2 atom stereocenters. The van der Waals surface area contributed by atoms with Crippen LogP contribution >= 0.6 is 0 Å². The van der Waals surface area contributed by atoms with Crippen molar-refractivity contribution in [3.63, 3.8) is 0 Å². The number of aromatic nitrogens is 5. The summed E-state index contributed by atoms with van der Waals surface area (Å²) in [6, 6.07) is 4.59. The Bertz CT molecular complexity index is 1670. The van der Waals surface area contributed by atoms with E-state index in [1.807, 2.05) is 13.0 Å². The molecule has 1 amide bonds. The Kier molecular flexibility index (Phi) is 5.22. The third-order valence-corrected chi connectivity index (χ3v) is 6.85. The van der Waals surface area contributed by atoms with Gasteiger partial charge in [0.15, 0.2) is 0 Å². The van der Waals surface area contributed by atoms with Gasteiger partial charge in [-0.15, -0.1) is 0 Å². The zero-order valence-corrected chi connectivity index (χ0v) is 21.1. The predicted molar refractivity (Wildman–Crippen MR) is 140 cm³/mol. The van der Waals surface area contributed by atoms with Gasteiger partial charge in [0.2, 0.25) is 0 Å². The van der Waals surface area contributed by atoms with E-state index in [9.17, 15) is 14.7 Å². The summed E-state index contributed by atoms with van der Waals surface area (Å²) in [5.74, 6) is 0.737. The predicted octanol–water partition coefficient (Wildman–Crippen LogP) is 3.41. The van der Waals surface area contributed by atoms with E-state index in [-0.39, 0.29) is 17.6 Å². The first-order chi connectivity index (χ1) is 18.8. The average molecular weight is 509 g/mol. The number of hydrogen-bond acceptors (Lipinski definition) is 8. The molecule has 11 nitrogen and oxygen atoms in total. The number of anilines is 2. The first-order valence-corrected chi connectivity index (χ1v) is 12.0. The van der Waals surface area contributed by atoms with Gasteiger partial charge in [-0.25, -0.2) is 19.6 Å². The van der Waals surface area contributed by atoms with Crippen molar-refractivity contribution in [2.24, 2.45) is 6.98 Å². The lowest BCUT2D eigenvalue weighted by atomic mass is 9.96. The van der Waals surface area contributed by atoms with Crippen molar-refractivity contribution in [1.82, 2.24) is 29.4 Å². The van der Waals surface area contributed by atoms with Crippen molar-refractivity contribution in [3.8, 4) is 0 Å². The number of carbonyl (C=O) groups excluding carboxylic acids is 1. The van der Waals surface area contributed by atoms with E-state index in [4.69, 9.17) is 13.8 Å². The summed E-state index contributed by atoms with van der Waals surface area (Å²) in [6.07, 6.45) is 4.07. The highest BCUT2D eigenvalue weighted by molar-refractivity contribution is 5.85. The van der Waals surface area contributed by atoms with Crippen LogP contribution in [-0.2, 0) is 17.3 Å². The van der Waals surface area contributed by atoms with Gasteiger partial charge in [0.25, 0.3) is 0 Å². The molecule has 37 heavy (non-hydrogen) atoms.